The van der Waals surface area contributed by atoms with Crippen molar-refractivity contribution >= 4 is 29.3 Å². The molecule has 0 aliphatic rings. The maximum atomic E-state index is 12.2. The summed E-state index contributed by atoms with van der Waals surface area (Å²) >= 11 is 7.59. The lowest BCUT2D eigenvalue weighted by Crippen LogP contribution is -2.33. The van der Waals surface area contributed by atoms with Gasteiger partial charge in [-0.2, -0.15) is 0 Å². The summed E-state index contributed by atoms with van der Waals surface area (Å²) in [5.74, 6) is 1.44. The van der Waals surface area contributed by atoms with Crippen LogP contribution >= 0.6 is 23.4 Å². The normalized spacial score (nSPS) is 12.9. The maximum absolute atomic E-state index is 12.2. The van der Waals surface area contributed by atoms with Gasteiger partial charge in [-0.1, -0.05) is 60.6 Å². The van der Waals surface area contributed by atoms with E-state index in [4.69, 9.17) is 16.3 Å². The van der Waals surface area contributed by atoms with Crippen molar-refractivity contribution in [1.29, 1.82) is 0 Å². The van der Waals surface area contributed by atoms with Crippen LogP contribution < -0.4 is 10.1 Å². The number of hydrogen-bond donors (Lipinski definition) is 1. The van der Waals surface area contributed by atoms with Gasteiger partial charge in [0.1, 0.15) is 5.75 Å². The predicted molar refractivity (Wildman–Crippen MR) is 120 cm³/mol. The molecule has 0 bridgehead atoms. The molecular weight excluding hydrogens is 420 g/mol. The Morgan fingerprint density at radius 1 is 1.13 bits per heavy atom. The van der Waals surface area contributed by atoms with E-state index in [-0.39, 0.29) is 17.7 Å². The molecule has 1 amide bonds. The molecule has 6 nitrogen and oxygen atoms in total. The van der Waals surface area contributed by atoms with Gasteiger partial charge in [0.15, 0.2) is 17.1 Å². The van der Waals surface area contributed by atoms with Crippen LogP contribution in [0.5, 0.6) is 5.75 Å². The molecule has 2 aromatic carbocycles. The molecule has 0 fully saturated rings. The number of thioether (sulfide) groups is 1. The molecule has 1 N–H and O–H groups in total. The van der Waals surface area contributed by atoms with E-state index in [1.165, 1.54) is 11.8 Å². The van der Waals surface area contributed by atoms with E-state index < -0.39 is 6.10 Å². The van der Waals surface area contributed by atoms with E-state index in [1.807, 2.05) is 73.9 Å². The van der Waals surface area contributed by atoms with Gasteiger partial charge in [-0.15, -0.1) is 10.2 Å². The number of nitrogens with zero attached hydrogens (tertiary/aromatic N) is 3. The minimum atomic E-state index is -0.402. The number of benzene rings is 2. The molecular formula is C22H25ClN4O2S. The van der Waals surface area contributed by atoms with Crippen molar-refractivity contribution in [3.63, 3.8) is 0 Å². The molecule has 30 heavy (non-hydrogen) atoms. The van der Waals surface area contributed by atoms with Crippen LogP contribution in [0.15, 0.2) is 59.8 Å². The number of amides is 1. The number of carbonyl (C=O) groups excluding carboxylic acids is 1. The summed E-state index contributed by atoms with van der Waals surface area (Å²) in [5.41, 5.74) is 0.900. The van der Waals surface area contributed by atoms with Crippen molar-refractivity contribution in [2.24, 2.45) is 0 Å². The third kappa shape index (κ3) is 5.55. The van der Waals surface area contributed by atoms with E-state index >= 15 is 0 Å². The van der Waals surface area contributed by atoms with Crippen molar-refractivity contribution in [3.8, 4) is 11.4 Å². The number of aromatic nitrogens is 3. The number of nitrogens with one attached hydrogen (secondary N) is 1. The van der Waals surface area contributed by atoms with Gasteiger partial charge < -0.3 is 10.1 Å². The van der Waals surface area contributed by atoms with Crippen LogP contribution in [0.4, 0.5) is 0 Å². The SMILES string of the molecule is CCC(C)NC(=O)CSc1nnc(C(C)Oc2ccccc2Cl)n1-c1ccccc1. The average Bonchev–Trinajstić information content (AvgIpc) is 3.18. The van der Waals surface area contributed by atoms with Crippen molar-refractivity contribution in [2.75, 3.05) is 5.75 Å². The third-order valence-corrected chi connectivity index (χ3v) is 5.77. The summed E-state index contributed by atoms with van der Waals surface area (Å²) in [6.07, 6.45) is 0.485. The van der Waals surface area contributed by atoms with Gasteiger partial charge in [-0.05, 0) is 44.5 Å². The molecule has 1 aromatic heterocycles. The molecule has 0 radical (unpaired) electrons. The summed E-state index contributed by atoms with van der Waals surface area (Å²) in [7, 11) is 0. The van der Waals surface area contributed by atoms with Crippen molar-refractivity contribution in [1.82, 2.24) is 20.1 Å². The third-order valence-electron chi connectivity index (χ3n) is 4.53. The summed E-state index contributed by atoms with van der Waals surface area (Å²) in [6.45, 7) is 5.93. The molecule has 0 saturated heterocycles. The standard InChI is InChI=1S/C22H25ClN4O2S/c1-4-15(2)24-20(28)14-30-22-26-25-21(27(22)17-10-6-5-7-11-17)16(3)29-19-13-9-8-12-18(19)23/h5-13,15-16H,4,14H2,1-3H3,(H,24,28). The molecule has 0 aliphatic carbocycles. The number of halogens is 1. The Morgan fingerprint density at radius 2 is 1.83 bits per heavy atom. The Hall–Kier alpha value is -2.51. The molecule has 0 aliphatic heterocycles. The highest BCUT2D eigenvalue weighted by Gasteiger charge is 2.22. The quantitative estimate of drug-likeness (QED) is 0.467. The highest BCUT2D eigenvalue weighted by molar-refractivity contribution is 7.99. The smallest absolute Gasteiger partial charge is 0.230 e. The summed E-state index contributed by atoms with van der Waals surface area (Å²) in [6, 6.07) is 17.2. The van der Waals surface area contributed by atoms with E-state index in [0.29, 0.717) is 21.8 Å². The first-order valence-corrected chi connectivity index (χ1v) is 11.2. The van der Waals surface area contributed by atoms with Gasteiger partial charge >= 0.3 is 0 Å². The van der Waals surface area contributed by atoms with Gasteiger partial charge in [0.05, 0.1) is 10.8 Å². The molecule has 0 spiro atoms. The second kappa shape index (κ2) is 10.5. The minimum Gasteiger partial charge on any atom is -0.481 e. The van der Waals surface area contributed by atoms with Crippen LogP contribution in [0.2, 0.25) is 5.02 Å². The zero-order valence-corrected chi connectivity index (χ0v) is 18.8. The van der Waals surface area contributed by atoms with Crippen LogP contribution in [-0.4, -0.2) is 32.5 Å². The molecule has 2 unspecified atom stereocenters. The van der Waals surface area contributed by atoms with Crippen LogP contribution in [0.25, 0.3) is 5.69 Å². The highest BCUT2D eigenvalue weighted by atomic mass is 35.5. The minimum absolute atomic E-state index is 0.0288. The van der Waals surface area contributed by atoms with Gasteiger partial charge in [0.25, 0.3) is 0 Å². The van der Waals surface area contributed by atoms with E-state index in [0.717, 1.165) is 12.1 Å². The molecule has 158 valence electrons. The van der Waals surface area contributed by atoms with Gasteiger partial charge in [0.2, 0.25) is 5.91 Å². The number of ether oxygens (including phenoxy) is 1. The lowest BCUT2D eigenvalue weighted by molar-refractivity contribution is -0.119. The zero-order chi connectivity index (χ0) is 21.5. The lowest BCUT2D eigenvalue weighted by atomic mass is 10.3. The van der Waals surface area contributed by atoms with Crippen molar-refractivity contribution in [3.05, 3.63) is 65.4 Å². The summed E-state index contributed by atoms with van der Waals surface area (Å²) in [4.78, 5) is 12.2. The molecule has 2 atom stereocenters. The predicted octanol–water partition coefficient (Wildman–Crippen LogP) is 5.07. The van der Waals surface area contributed by atoms with Crippen molar-refractivity contribution < 1.29 is 9.53 Å². The van der Waals surface area contributed by atoms with Crippen molar-refractivity contribution in [2.45, 2.75) is 44.5 Å². The van der Waals surface area contributed by atoms with Crippen LogP contribution in [0.1, 0.15) is 39.1 Å². The Labute approximate surface area is 186 Å². The fraction of sp³-hybridized carbons (Fsp3) is 0.318. The highest BCUT2D eigenvalue weighted by Crippen LogP contribution is 2.31. The Morgan fingerprint density at radius 3 is 2.53 bits per heavy atom. The molecule has 3 aromatic rings. The Kier molecular flexibility index (Phi) is 7.76. The van der Waals surface area contributed by atoms with Crippen LogP contribution in [0, 0.1) is 0 Å². The van der Waals surface area contributed by atoms with Crippen LogP contribution in [0.3, 0.4) is 0 Å². The summed E-state index contributed by atoms with van der Waals surface area (Å²) in [5, 5.41) is 12.8. The number of hydrogen-bond acceptors (Lipinski definition) is 5. The topological polar surface area (TPSA) is 69.0 Å². The Balaban J connectivity index is 1.85. The van der Waals surface area contributed by atoms with E-state index in [9.17, 15) is 4.79 Å². The Bertz CT molecular complexity index is 980. The fourth-order valence-electron chi connectivity index (χ4n) is 2.79. The van der Waals surface area contributed by atoms with Gasteiger partial charge in [-0.25, -0.2) is 0 Å². The monoisotopic (exact) mass is 444 g/mol. The summed E-state index contributed by atoms with van der Waals surface area (Å²) < 4.78 is 7.97. The molecule has 8 heteroatoms. The zero-order valence-electron chi connectivity index (χ0n) is 17.2. The number of rotatable bonds is 9. The number of carbonyl (C=O) groups is 1. The second-order valence-corrected chi connectivity index (χ2v) is 8.22. The maximum Gasteiger partial charge on any atom is 0.230 e. The van der Waals surface area contributed by atoms with E-state index in [1.54, 1.807) is 6.07 Å². The van der Waals surface area contributed by atoms with Gasteiger partial charge in [0, 0.05) is 11.7 Å². The van der Waals surface area contributed by atoms with Crippen LogP contribution in [-0.2, 0) is 4.79 Å². The largest absolute Gasteiger partial charge is 0.481 e. The molecule has 3 rings (SSSR count). The lowest BCUT2D eigenvalue weighted by Gasteiger charge is -2.17. The first-order chi connectivity index (χ1) is 14.5. The first kappa shape index (κ1) is 22.2. The molecule has 1 heterocycles. The first-order valence-electron chi connectivity index (χ1n) is 9.83. The van der Waals surface area contributed by atoms with Gasteiger partial charge in [-0.3, -0.25) is 9.36 Å². The average molecular weight is 445 g/mol. The fourth-order valence-corrected chi connectivity index (χ4v) is 3.74. The number of para-hydroxylation sites is 2. The molecule has 0 saturated carbocycles. The second-order valence-electron chi connectivity index (χ2n) is 6.87. The van der Waals surface area contributed by atoms with E-state index in [2.05, 4.69) is 15.5 Å².